The molecule has 1 fully saturated rings. The van der Waals surface area contributed by atoms with Crippen molar-refractivity contribution in [3.63, 3.8) is 0 Å². The summed E-state index contributed by atoms with van der Waals surface area (Å²) in [4.78, 5) is 0. The minimum absolute atomic E-state index is 0.742. The first-order valence-corrected chi connectivity index (χ1v) is 25.7. The number of nitrogens with zero attached hydrogens (tertiary/aromatic N) is 8. The van der Waals surface area contributed by atoms with Crippen molar-refractivity contribution in [2.45, 2.75) is 140 Å². The van der Waals surface area contributed by atoms with Gasteiger partial charge in [-0.05, 0) is 56.3 Å². The molecule has 1 saturated carbocycles. The number of sulfonamides is 4. The van der Waals surface area contributed by atoms with Gasteiger partial charge in [-0.15, -0.1) is 0 Å². The summed E-state index contributed by atoms with van der Waals surface area (Å²) < 4.78 is 233. The van der Waals surface area contributed by atoms with Crippen LogP contribution in [-0.4, -0.2) is 69.4 Å². The van der Waals surface area contributed by atoms with Gasteiger partial charge in [0.1, 0.15) is 37.2 Å². The monoisotopic (exact) mass is 1060 g/mol. The van der Waals surface area contributed by atoms with Crippen LogP contribution in [0.5, 0.6) is 0 Å². The van der Waals surface area contributed by atoms with Crippen LogP contribution in [-0.2, 0) is 79.4 Å². The molecule has 0 amide bonds. The molecule has 1 aliphatic rings. The van der Waals surface area contributed by atoms with Crippen molar-refractivity contribution in [2.75, 3.05) is 0 Å². The Balaban J connectivity index is 0.000000413. The van der Waals surface area contributed by atoms with Gasteiger partial charge in [-0.1, -0.05) is 40.0 Å². The highest BCUT2D eigenvalue weighted by molar-refractivity contribution is 8.13. The first-order valence-electron chi connectivity index (χ1n) is 19.9. The predicted octanol–water partition coefficient (Wildman–Crippen LogP) is 6.91. The van der Waals surface area contributed by atoms with Crippen molar-refractivity contribution in [1.29, 1.82) is 0 Å². The van der Waals surface area contributed by atoms with Gasteiger partial charge in [-0.2, -0.15) is 52.7 Å². The van der Waals surface area contributed by atoms with Crippen molar-refractivity contribution in [3.05, 3.63) is 64.4 Å². The summed E-state index contributed by atoms with van der Waals surface area (Å²) in [5.41, 5.74) is -24.8. The molecule has 4 rings (SSSR count). The van der Waals surface area contributed by atoms with E-state index in [9.17, 15) is 86.4 Å². The topological polar surface area (TPSA) is 191 Å². The van der Waals surface area contributed by atoms with Crippen LogP contribution < -0.4 is 13.7 Å². The molecule has 3 heterocycles. The van der Waals surface area contributed by atoms with Crippen LogP contribution in [0.1, 0.15) is 78.6 Å². The lowest BCUT2D eigenvalue weighted by Crippen LogP contribution is -2.45. The van der Waals surface area contributed by atoms with E-state index in [0.29, 0.717) is 0 Å². The molecule has 0 atom stereocenters. The molecule has 0 saturated heterocycles. The molecule has 0 spiro atoms. The second-order valence-electron chi connectivity index (χ2n) is 15.2. The summed E-state index contributed by atoms with van der Waals surface area (Å²) in [6.07, 6.45) is 32.2. The zero-order valence-corrected chi connectivity index (χ0v) is 38.8. The molecule has 0 aromatic carbocycles. The second kappa shape index (κ2) is 23.7. The van der Waals surface area contributed by atoms with Crippen LogP contribution in [0.4, 0.5) is 52.7 Å². The first-order chi connectivity index (χ1) is 30.1. The van der Waals surface area contributed by atoms with E-state index in [4.69, 9.17) is 0 Å². The maximum absolute atomic E-state index is 11.4. The molecule has 0 N–H and O–H groups in total. The molecular weight excluding hydrogens is 1000 g/mol. The highest BCUT2D eigenvalue weighted by Crippen LogP contribution is 2.38. The highest BCUT2D eigenvalue weighted by Gasteiger charge is 2.48. The van der Waals surface area contributed by atoms with E-state index in [1.807, 2.05) is 0 Å². The van der Waals surface area contributed by atoms with Crippen LogP contribution in [0.15, 0.2) is 56.2 Å². The second-order valence-corrected chi connectivity index (χ2v) is 22.1. The molecule has 382 valence electrons. The summed E-state index contributed by atoms with van der Waals surface area (Å²) in [6.45, 7) is 13.7. The van der Waals surface area contributed by atoms with Crippen LogP contribution in [0.3, 0.4) is 0 Å². The molecule has 1 aliphatic carbocycles. The van der Waals surface area contributed by atoms with Gasteiger partial charge in [0.05, 0.1) is 39.3 Å². The minimum atomic E-state index is -6.72. The van der Waals surface area contributed by atoms with E-state index in [-0.39, 0.29) is 0 Å². The van der Waals surface area contributed by atoms with E-state index < -0.39 is 62.1 Å². The van der Waals surface area contributed by atoms with Crippen molar-refractivity contribution in [2.24, 2.45) is 17.8 Å². The number of unbranched alkanes of at least 4 members (excludes halogenated alkanes) is 3. The fourth-order valence-electron chi connectivity index (χ4n) is 6.53. The van der Waals surface area contributed by atoms with Gasteiger partial charge >= 0.3 is 22.0 Å². The molecular formula is C34H51F12N8O8S4+. The minimum Gasteiger partial charge on any atom is -0.421 e. The molecule has 0 bridgehead atoms. The summed E-state index contributed by atoms with van der Waals surface area (Å²) in [6, 6.07) is 0. The fourth-order valence-corrected chi connectivity index (χ4v) is 9.95. The Morgan fingerprint density at radius 1 is 0.439 bits per heavy atom. The third kappa shape index (κ3) is 18.5. The zero-order valence-electron chi connectivity index (χ0n) is 35.5. The molecule has 3 aromatic rings. The third-order valence-electron chi connectivity index (χ3n) is 9.52. The molecule has 16 nitrogen and oxygen atoms in total. The van der Waals surface area contributed by atoms with Crippen LogP contribution in [0.25, 0.3) is 8.25 Å². The third-order valence-corrected chi connectivity index (χ3v) is 15.0. The molecule has 32 heteroatoms. The maximum atomic E-state index is 11.4. The van der Waals surface area contributed by atoms with Crippen molar-refractivity contribution in [3.8, 4) is 0 Å². The molecule has 0 unspecified atom stereocenters. The Hall–Kier alpha value is -3.49. The van der Waals surface area contributed by atoms with Gasteiger partial charge < -0.3 is 8.25 Å². The number of hydrogen-bond acceptors (Lipinski definition) is 8. The Labute approximate surface area is 374 Å². The van der Waals surface area contributed by atoms with Gasteiger partial charge in [0.15, 0.2) is 40.1 Å². The van der Waals surface area contributed by atoms with Crippen molar-refractivity contribution < 1.29 is 100 Å². The molecule has 0 aliphatic heterocycles. The van der Waals surface area contributed by atoms with Gasteiger partial charge in [-0.25, -0.2) is 61.1 Å². The van der Waals surface area contributed by atoms with Crippen molar-refractivity contribution >= 4 is 40.1 Å². The fraction of sp³-hybridized carbons (Fsp3) is 0.735. The Morgan fingerprint density at radius 2 is 0.652 bits per heavy atom. The van der Waals surface area contributed by atoms with Crippen LogP contribution in [0, 0.1) is 17.8 Å². The summed E-state index contributed by atoms with van der Waals surface area (Å²) in [7, 11) is -26.9. The van der Waals surface area contributed by atoms with Crippen molar-refractivity contribution in [1.82, 2.24) is 13.7 Å². The smallest absolute Gasteiger partial charge is 0.421 e. The van der Waals surface area contributed by atoms with E-state index in [2.05, 4.69) is 104 Å². The average Bonchev–Trinajstić information content (AvgIpc) is 3.92. The number of alkyl halides is 12. The first kappa shape index (κ1) is 58.6. The summed E-state index contributed by atoms with van der Waals surface area (Å²) in [5.74, 6) is 2.23. The van der Waals surface area contributed by atoms with Crippen LogP contribution >= 0.6 is 0 Å². The Bertz CT molecular complexity index is 2110. The number of aromatic nitrogens is 6. The van der Waals surface area contributed by atoms with Gasteiger partial charge in [0, 0.05) is 0 Å². The molecule has 3 aromatic heterocycles. The Morgan fingerprint density at radius 3 is 0.833 bits per heavy atom. The molecule has 0 radical (unpaired) electrons. The number of imidazole rings is 3. The lowest BCUT2D eigenvalue weighted by molar-refractivity contribution is -0.715. The number of aryl methyl sites for hydroxylation is 3. The summed E-state index contributed by atoms with van der Waals surface area (Å²) in [5, 5.41) is 0. The van der Waals surface area contributed by atoms with Gasteiger partial charge in [-0.3, -0.25) is 0 Å². The summed E-state index contributed by atoms with van der Waals surface area (Å²) >= 11 is 0. The number of halogens is 12. The predicted molar refractivity (Wildman–Crippen MR) is 210 cm³/mol. The standard InChI is InChI=1S/C30H51N6.2C2F6NO4S2/c1-4-7-10-31-13-16-34(25-31)22-28-19-29(23-35-17-14-32(26-35)11-8-5-2)21-30(20-28)24-36-18-15-33(27-36)12-9-6-3;2*3-1(4,5)14(10,11)9-15(12,13)2(6,7)8/h13-18,25-30H,4-12,19-24H2,1-3H3;;/q+3;2*-1. The van der Waals surface area contributed by atoms with E-state index >= 15 is 0 Å². The molecule has 66 heavy (non-hydrogen) atoms. The normalized spacial score (nSPS) is 18.0. The van der Waals surface area contributed by atoms with Gasteiger partial charge in [0.2, 0.25) is 19.0 Å². The quantitative estimate of drug-likeness (QED) is 0.0914. The largest absolute Gasteiger partial charge is 0.480 e. The number of rotatable bonds is 19. The van der Waals surface area contributed by atoms with E-state index in [1.54, 1.807) is 0 Å². The number of hydrogen-bond donors (Lipinski definition) is 0. The SMILES string of the molecule is CCCCn1cc[n+](CC2CC(C[n+]3ccn(CCCC)c3)CC(C[n+]3ccn(CCCC)c3)C2)c1.O=S(=O)([N-]S(=O)(=O)C(F)(F)F)C(F)(F)F.O=S(=O)([N-]S(=O)(=O)C(F)(F)F)C(F)(F)F. The van der Waals surface area contributed by atoms with E-state index in [0.717, 1.165) is 65.3 Å². The maximum Gasteiger partial charge on any atom is 0.480 e. The lowest BCUT2D eigenvalue weighted by atomic mass is 9.75. The highest BCUT2D eigenvalue weighted by atomic mass is 32.3. The van der Waals surface area contributed by atoms with Gasteiger partial charge in [0.25, 0.3) is 0 Å². The van der Waals surface area contributed by atoms with Crippen LogP contribution in [0.2, 0.25) is 0 Å². The zero-order chi connectivity index (χ0) is 50.6. The lowest BCUT2D eigenvalue weighted by Gasteiger charge is -2.32. The average molecular weight is 1060 g/mol. The van der Waals surface area contributed by atoms with E-state index in [1.165, 1.54) is 57.8 Å². The Kier molecular flexibility index (Phi) is 21.0.